The SMILES string of the molecule is CC1CN(CC(O)C2CCOC2)CCCO1. The fourth-order valence-corrected chi connectivity index (χ4v) is 2.52. The van der Waals surface area contributed by atoms with E-state index in [9.17, 15) is 5.11 Å². The standard InChI is InChI=1S/C12H23NO3/c1-10-7-13(4-2-5-16-10)8-12(14)11-3-6-15-9-11/h10-12,14H,2-9H2,1H3. The largest absolute Gasteiger partial charge is 0.391 e. The lowest BCUT2D eigenvalue weighted by atomic mass is 10.0. The zero-order valence-corrected chi connectivity index (χ0v) is 10.1. The van der Waals surface area contributed by atoms with Crippen molar-refractivity contribution in [1.82, 2.24) is 4.90 Å². The van der Waals surface area contributed by atoms with E-state index in [1.54, 1.807) is 0 Å². The van der Waals surface area contributed by atoms with Gasteiger partial charge in [0.2, 0.25) is 0 Å². The molecule has 94 valence electrons. The van der Waals surface area contributed by atoms with Gasteiger partial charge < -0.3 is 14.6 Å². The molecule has 0 saturated carbocycles. The fraction of sp³-hybridized carbons (Fsp3) is 1.00. The second-order valence-electron chi connectivity index (χ2n) is 4.99. The average Bonchev–Trinajstić information content (AvgIpc) is 2.70. The molecular weight excluding hydrogens is 206 g/mol. The monoisotopic (exact) mass is 229 g/mol. The maximum atomic E-state index is 10.1. The molecule has 2 rings (SSSR count). The van der Waals surface area contributed by atoms with Gasteiger partial charge in [-0.25, -0.2) is 0 Å². The fourth-order valence-electron chi connectivity index (χ4n) is 2.52. The molecule has 2 fully saturated rings. The maximum Gasteiger partial charge on any atom is 0.0718 e. The third-order valence-electron chi connectivity index (χ3n) is 3.49. The molecule has 4 heteroatoms. The highest BCUT2D eigenvalue weighted by Crippen LogP contribution is 2.18. The van der Waals surface area contributed by atoms with Gasteiger partial charge in [-0.1, -0.05) is 0 Å². The van der Waals surface area contributed by atoms with Gasteiger partial charge in [-0.2, -0.15) is 0 Å². The van der Waals surface area contributed by atoms with E-state index in [1.807, 2.05) is 0 Å². The minimum Gasteiger partial charge on any atom is -0.391 e. The second kappa shape index (κ2) is 5.96. The van der Waals surface area contributed by atoms with Gasteiger partial charge in [-0.05, 0) is 19.8 Å². The molecule has 2 heterocycles. The van der Waals surface area contributed by atoms with E-state index < -0.39 is 0 Å². The van der Waals surface area contributed by atoms with Gasteiger partial charge in [0, 0.05) is 38.8 Å². The number of ether oxygens (including phenoxy) is 2. The number of aliphatic hydroxyl groups is 1. The number of rotatable bonds is 3. The van der Waals surface area contributed by atoms with Crippen LogP contribution < -0.4 is 0 Å². The molecule has 1 N–H and O–H groups in total. The van der Waals surface area contributed by atoms with Crippen LogP contribution in [0, 0.1) is 5.92 Å². The lowest BCUT2D eigenvalue weighted by Crippen LogP contribution is -2.39. The van der Waals surface area contributed by atoms with E-state index in [-0.39, 0.29) is 12.2 Å². The third kappa shape index (κ3) is 3.42. The Balaban J connectivity index is 1.78. The Morgan fingerprint density at radius 3 is 3.06 bits per heavy atom. The molecule has 4 nitrogen and oxygen atoms in total. The first-order valence-corrected chi connectivity index (χ1v) is 6.35. The molecular formula is C12H23NO3. The number of nitrogens with zero attached hydrogens (tertiary/aromatic N) is 1. The number of aliphatic hydroxyl groups excluding tert-OH is 1. The van der Waals surface area contributed by atoms with Crippen LogP contribution in [-0.2, 0) is 9.47 Å². The molecule has 3 unspecified atom stereocenters. The summed E-state index contributed by atoms with van der Waals surface area (Å²) < 4.78 is 10.9. The van der Waals surface area contributed by atoms with Crippen LogP contribution in [0.1, 0.15) is 19.8 Å². The van der Waals surface area contributed by atoms with Gasteiger partial charge in [0.05, 0.1) is 18.8 Å². The molecule has 0 aromatic rings. The minimum atomic E-state index is -0.243. The summed E-state index contributed by atoms with van der Waals surface area (Å²) in [5.74, 6) is 0.333. The van der Waals surface area contributed by atoms with Crippen LogP contribution in [0.5, 0.6) is 0 Å². The molecule has 2 saturated heterocycles. The van der Waals surface area contributed by atoms with Crippen molar-refractivity contribution in [2.45, 2.75) is 32.0 Å². The van der Waals surface area contributed by atoms with E-state index in [2.05, 4.69) is 11.8 Å². The lowest BCUT2D eigenvalue weighted by Gasteiger charge is -2.26. The Hall–Kier alpha value is -0.160. The molecule has 16 heavy (non-hydrogen) atoms. The topological polar surface area (TPSA) is 41.9 Å². The highest BCUT2D eigenvalue weighted by atomic mass is 16.5. The zero-order valence-electron chi connectivity index (χ0n) is 10.1. The van der Waals surface area contributed by atoms with Crippen molar-refractivity contribution in [3.63, 3.8) is 0 Å². The van der Waals surface area contributed by atoms with Crippen molar-refractivity contribution in [3.8, 4) is 0 Å². The van der Waals surface area contributed by atoms with Crippen LogP contribution in [0.2, 0.25) is 0 Å². The molecule has 0 aromatic heterocycles. The van der Waals surface area contributed by atoms with Crippen LogP contribution in [-0.4, -0.2) is 61.7 Å². The van der Waals surface area contributed by atoms with Gasteiger partial charge in [-0.3, -0.25) is 4.90 Å². The summed E-state index contributed by atoms with van der Waals surface area (Å²) in [6.45, 7) is 7.22. The van der Waals surface area contributed by atoms with Crippen LogP contribution in [0.4, 0.5) is 0 Å². The zero-order chi connectivity index (χ0) is 11.4. The predicted molar refractivity (Wildman–Crippen MR) is 61.4 cm³/mol. The van der Waals surface area contributed by atoms with Crippen LogP contribution in [0.15, 0.2) is 0 Å². The smallest absolute Gasteiger partial charge is 0.0718 e. The highest BCUT2D eigenvalue weighted by Gasteiger charge is 2.26. The van der Waals surface area contributed by atoms with E-state index in [1.165, 1.54) is 0 Å². The molecule has 0 aromatic carbocycles. The van der Waals surface area contributed by atoms with Gasteiger partial charge >= 0.3 is 0 Å². The van der Waals surface area contributed by atoms with E-state index in [4.69, 9.17) is 9.47 Å². The molecule has 0 bridgehead atoms. The van der Waals surface area contributed by atoms with Crippen LogP contribution in [0.3, 0.4) is 0 Å². The molecule has 0 amide bonds. The molecule has 0 spiro atoms. The Bertz CT molecular complexity index is 206. The van der Waals surface area contributed by atoms with Crippen LogP contribution >= 0.6 is 0 Å². The van der Waals surface area contributed by atoms with Crippen molar-refractivity contribution in [2.24, 2.45) is 5.92 Å². The first-order valence-electron chi connectivity index (χ1n) is 6.35. The Morgan fingerprint density at radius 2 is 2.31 bits per heavy atom. The van der Waals surface area contributed by atoms with Crippen molar-refractivity contribution in [1.29, 1.82) is 0 Å². The van der Waals surface area contributed by atoms with E-state index in [0.29, 0.717) is 5.92 Å². The Morgan fingerprint density at radius 1 is 1.44 bits per heavy atom. The quantitative estimate of drug-likeness (QED) is 0.765. The predicted octanol–water partition coefficient (Wildman–Crippen LogP) is 0.495. The van der Waals surface area contributed by atoms with Gasteiger partial charge in [0.25, 0.3) is 0 Å². The van der Waals surface area contributed by atoms with Crippen molar-refractivity contribution in [2.75, 3.05) is 39.5 Å². The minimum absolute atomic E-state index is 0.243. The summed E-state index contributed by atoms with van der Waals surface area (Å²) in [5.41, 5.74) is 0. The number of hydrogen-bond acceptors (Lipinski definition) is 4. The molecule has 2 aliphatic rings. The van der Waals surface area contributed by atoms with Crippen molar-refractivity contribution >= 4 is 0 Å². The third-order valence-corrected chi connectivity index (χ3v) is 3.49. The summed E-state index contributed by atoms with van der Waals surface area (Å²) in [4.78, 5) is 2.32. The van der Waals surface area contributed by atoms with Crippen LogP contribution in [0.25, 0.3) is 0 Å². The summed E-state index contributed by atoms with van der Waals surface area (Å²) in [6.07, 6.45) is 2.11. The average molecular weight is 229 g/mol. The second-order valence-corrected chi connectivity index (χ2v) is 4.99. The maximum absolute atomic E-state index is 10.1. The Kier molecular flexibility index (Phi) is 4.58. The molecule has 2 aliphatic heterocycles. The Labute approximate surface area is 97.5 Å². The molecule has 3 atom stereocenters. The normalized spacial score (nSPS) is 34.9. The number of hydrogen-bond donors (Lipinski definition) is 1. The van der Waals surface area contributed by atoms with Crippen molar-refractivity contribution in [3.05, 3.63) is 0 Å². The summed E-state index contributed by atoms with van der Waals surface area (Å²) in [6, 6.07) is 0. The molecule has 0 aliphatic carbocycles. The highest BCUT2D eigenvalue weighted by molar-refractivity contribution is 4.77. The van der Waals surface area contributed by atoms with Gasteiger partial charge in [0.1, 0.15) is 0 Å². The number of β-amino-alcohol motifs (C(OH)–C–C–N with tert-alkyl or cyclic N) is 1. The first-order chi connectivity index (χ1) is 7.75. The summed E-state index contributed by atoms with van der Waals surface area (Å²) >= 11 is 0. The van der Waals surface area contributed by atoms with Gasteiger partial charge in [-0.15, -0.1) is 0 Å². The van der Waals surface area contributed by atoms with E-state index >= 15 is 0 Å². The van der Waals surface area contributed by atoms with E-state index in [0.717, 1.165) is 52.3 Å². The first kappa shape index (κ1) is 12.3. The lowest BCUT2D eigenvalue weighted by molar-refractivity contribution is 0.0374. The van der Waals surface area contributed by atoms with Gasteiger partial charge in [0.15, 0.2) is 0 Å². The summed E-state index contributed by atoms with van der Waals surface area (Å²) in [5, 5.41) is 10.1. The summed E-state index contributed by atoms with van der Waals surface area (Å²) in [7, 11) is 0. The molecule has 0 radical (unpaired) electrons. The van der Waals surface area contributed by atoms with Crippen molar-refractivity contribution < 1.29 is 14.6 Å².